The molecule has 1 aliphatic rings. The molecule has 126 valence electrons. The van der Waals surface area contributed by atoms with Gasteiger partial charge in [-0.3, -0.25) is 9.78 Å². The molecule has 0 spiro atoms. The number of hydrogen-bond acceptors (Lipinski definition) is 4. The lowest BCUT2D eigenvalue weighted by Gasteiger charge is -2.16. The Balaban J connectivity index is 1.87. The summed E-state index contributed by atoms with van der Waals surface area (Å²) in [5.74, 6) is 0.846. The summed E-state index contributed by atoms with van der Waals surface area (Å²) in [6, 6.07) is 3.57. The highest BCUT2D eigenvalue weighted by Crippen LogP contribution is 2.33. The quantitative estimate of drug-likeness (QED) is 0.910. The maximum Gasteiger partial charge on any atom is 0.252 e. The number of aromatic nitrogens is 3. The minimum atomic E-state index is -0.188. The molecule has 0 bridgehead atoms. The molecule has 6 nitrogen and oxygen atoms in total. The van der Waals surface area contributed by atoms with Gasteiger partial charge >= 0.3 is 0 Å². The van der Waals surface area contributed by atoms with Crippen molar-refractivity contribution >= 4 is 23.2 Å². The van der Waals surface area contributed by atoms with Gasteiger partial charge in [-0.05, 0) is 44.7 Å². The van der Waals surface area contributed by atoms with Gasteiger partial charge < -0.3 is 10.1 Å². The number of pyridine rings is 1. The Hall–Kier alpha value is -2.34. The lowest BCUT2D eigenvalue weighted by atomic mass is 9.98. The summed E-state index contributed by atoms with van der Waals surface area (Å²) in [6.45, 7) is 1.82. The summed E-state index contributed by atoms with van der Waals surface area (Å²) in [6.07, 6.45) is 6.73. The second-order valence-corrected chi connectivity index (χ2v) is 6.18. The van der Waals surface area contributed by atoms with E-state index in [2.05, 4.69) is 15.4 Å². The molecule has 7 heteroatoms. The van der Waals surface area contributed by atoms with Crippen LogP contribution < -0.4 is 10.1 Å². The molecule has 0 unspecified atom stereocenters. The van der Waals surface area contributed by atoms with E-state index in [4.69, 9.17) is 16.3 Å². The van der Waals surface area contributed by atoms with Crippen molar-refractivity contribution in [3.63, 3.8) is 0 Å². The van der Waals surface area contributed by atoms with Gasteiger partial charge in [0.2, 0.25) is 5.88 Å². The maximum atomic E-state index is 12.6. The van der Waals surface area contributed by atoms with Crippen molar-refractivity contribution in [3.05, 3.63) is 40.8 Å². The fourth-order valence-corrected chi connectivity index (χ4v) is 3.03. The van der Waals surface area contributed by atoms with Crippen LogP contribution in [0.1, 0.15) is 31.4 Å². The first-order chi connectivity index (χ1) is 11.6. The van der Waals surface area contributed by atoms with Crippen molar-refractivity contribution in [1.82, 2.24) is 14.8 Å². The summed E-state index contributed by atoms with van der Waals surface area (Å²) in [5.41, 5.74) is 1.88. The number of aryl methyl sites for hydroxylation is 2. The Morgan fingerprint density at radius 2 is 2.17 bits per heavy atom. The number of allylic oxidation sites excluding steroid dienone is 1. The van der Waals surface area contributed by atoms with Crippen molar-refractivity contribution in [3.8, 4) is 11.6 Å². The third-order valence-electron chi connectivity index (χ3n) is 3.93. The number of rotatable bonds is 4. The van der Waals surface area contributed by atoms with Gasteiger partial charge in [-0.2, -0.15) is 5.10 Å². The number of carbonyl (C=O) groups is 1. The zero-order chi connectivity index (χ0) is 17.1. The van der Waals surface area contributed by atoms with Gasteiger partial charge in [0.05, 0.1) is 11.9 Å². The molecule has 0 saturated heterocycles. The zero-order valence-corrected chi connectivity index (χ0v) is 14.4. The summed E-state index contributed by atoms with van der Waals surface area (Å²) in [7, 11) is 1.77. The van der Waals surface area contributed by atoms with Gasteiger partial charge in [-0.15, -0.1) is 0 Å². The SMILES string of the molecule is Cc1nn(C)c(Oc2cccnc2)c1NC(=O)C1=C(Cl)CCCC1. The van der Waals surface area contributed by atoms with Crippen LogP contribution in [-0.2, 0) is 11.8 Å². The maximum absolute atomic E-state index is 12.6. The van der Waals surface area contributed by atoms with Crippen molar-refractivity contribution in [2.45, 2.75) is 32.6 Å². The predicted molar refractivity (Wildman–Crippen MR) is 92.2 cm³/mol. The average Bonchev–Trinajstić information content (AvgIpc) is 2.83. The molecule has 0 saturated carbocycles. The predicted octanol–water partition coefficient (Wildman–Crippen LogP) is 3.92. The topological polar surface area (TPSA) is 69.0 Å². The molecule has 1 aliphatic carbocycles. The van der Waals surface area contributed by atoms with Crippen LogP contribution in [0.15, 0.2) is 35.1 Å². The zero-order valence-electron chi connectivity index (χ0n) is 13.7. The first-order valence-corrected chi connectivity index (χ1v) is 8.24. The molecule has 0 aliphatic heterocycles. The van der Waals surface area contributed by atoms with E-state index in [1.807, 2.05) is 6.92 Å². The molecular weight excluding hydrogens is 328 g/mol. The van der Waals surface area contributed by atoms with Crippen LogP contribution in [0.2, 0.25) is 0 Å². The van der Waals surface area contributed by atoms with E-state index in [-0.39, 0.29) is 5.91 Å². The Bertz CT molecular complexity index is 783. The van der Waals surface area contributed by atoms with E-state index in [1.54, 1.807) is 36.3 Å². The van der Waals surface area contributed by atoms with Crippen molar-refractivity contribution in [2.75, 3.05) is 5.32 Å². The van der Waals surface area contributed by atoms with Gasteiger partial charge in [0.25, 0.3) is 5.91 Å². The largest absolute Gasteiger partial charge is 0.436 e. The highest BCUT2D eigenvalue weighted by atomic mass is 35.5. The molecule has 2 aromatic heterocycles. The molecule has 1 amide bonds. The Morgan fingerprint density at radius 3 is 2.88 bits per heavy atom. The smallest absolute Gasteiger partial charge is 0.252 e. The number of anilines is 1. The van der Waals surface area contributed by atoms with Crippen LogP contribution in [0, 0.1) is 6.92 Å². The normalized spacial score (nSPS) is 14.6. The van der Waals surface area contributed by atoms with Crippen LogP contribution in [0.3, 0.4) is 0 Å². The van der Waals surface area contributed by atoms with E-state index in [0.29, 0.717) is 40.0 Å². The summed E-state index contributed by atoms with van der Waals surface area (Å²) >= 11 is 6.22. The fraction of sp³-hybridized carbons (Fsp3) is 0.353. The van der Waals surface area contributed by atoms with E-state index < -0.39 is 0 Å². The molecule has 2 aromatic rings. The highest BCUT2D eigenvalue weighted by Gasteiger charge is 2.22. The molecule has 2 heterocycles. The lowest BCUT2D eigenvalue weighted by Crippen LogP contribution is -2.18. The van der Waals surface area contributed by atoms with E-state index in [0.717, 1.165) is 19.3 Å². The number of nitrogens with one attached hydrogen (secondary N) is 1. The number of ether oxygens (including phenoxy) is 1. The lowest BCUT2D eigenvalue weighted by molar-refractivity contribution is -0.113. The summed E-state index contributed by atoms with van der Waals surface area (Å²) < 4.78 is 7.44. The van der Waals surface area contributed by atoms with Gasteiger partial charge in [0.1, 0.15) is 11.4 Å². The number of amides is 1. The molecule has 0 aromatic carbocycles. The van der Waals surface area contributed by atoms with Crippen LogP contribution in [-0.4, -0.2) is 20.7 Å². The van der Waals surface area contributed by atoms with E-state index >= 15 is 0 Å². The molecule has 24 heavy (non-hydrogen) atoms. The Labute approximate surface area is 145 Å². The van der Waals surface area contributed by atoms with Gasteiger partial charge in [0, 0.05) is 23.8 Å². The second-order valence-electron chi connectivity index (χ2n) is 5.72. The molecule has 0 fully saturated rings. The van der Waals surface area contributed by atoms with Crippen LogP contribution in [0.25, 0.3) is 0 Å². The molecule has 1 N–H and O–H groups in total. The Kier molecular flexibility index (Phi) is 4.85. The van der Waals surface area contributed by atoms with Crippen molar-refractivity contribution in [2.24, 2.45) is 7.05 Å². The van der Waals surface area contributed by atoms with Crippen LogP contribution in [0.5, 0.6) is 11.6 Å². The minimum absolute atomic E-state index is 0.188. The highest BCUT2D eigenvalue weighted by molar-refractivity contribution is 6.32. The number of nitrogens with zero attached hydrogens (tertiary/aromatic N) is 3. The average molecular weight is 347 g/mol. The van der Waals surface area contributed by atoms with Gasteiger partial charge in [0.15, 0.2) is 0 Å². The Morgan fingerprint density at radius 1 is 1.38 bits per heavy atom. The number of hydrogen-bond donors (Lipinski definition) is 1. The van der Waals surface area contributed by atoms with Crippen LogP contribution in [0.4, 0.5) is 5.69 Å². The fourth-order valence-electron chi connectivity index (χ4n) is 2.71. The molecule has 3 rings (SSSR count). The van der Waals surface area contributed by atoms with E-state index in [9.17, 15) is 4.79 Å². The molecule has 0 atom stereocenters. The van der Waals surface area contributed by atoms with Crippen molar-refractivity contribution < 1.29 is 9.53 Å². The second kappa shape index (κ2) is 7.05. The first kappa shape index (κ1) is 16.5. The van der Waals surface area contributed by atoms with Gasteiger partial charge in [-0.25, -0.2) is 4.68 Å². The minimum Gasteiger partial charge on any atom is -0.436 e. The third-order valence-corrected chi connectivity index (χ3v) is 4.35. The summed E-state index contributed by atoms with van der Waals surface area (Å²) in [4.78, 5) is 16.6. The number of carbonyl (C=O) groups excluding carboxylic acids is 1. The first-order valence-electron chi connectivity index (χ1n) is 7.86. The standard InChI is InChI=1S/C17H19ClN4O2/c1-11-15(20-16(23)13-7-3-4-8-14(13)18)17(22(2)21-11)24-12-6-5-9-19-10-12/h5-6,9-10H,3-4,7-8H2,1-2H3,(H,20,23). The monoisotopic (exact) mass is 346 g/mol. The van der Waals surface area contributed by atoms with E-state index in [1.165, 1.54) is 0 Å². The van der Waals surface area contributed by atoms with Crippen molar-refractivity contribution in [1.29, 1.82) is 0 Å². The molecular formula is C17H19ClN4O2. The molecule has 0 radical (unpaired) electrons. The van der Waals surface area contributed by atoms with Gasteiger partial charge in [-0.1, -0.05) is 11.6 Å². The third kappa shape index (κ3) is 3.43. The number of halogens is 1. The summed E-state index contributed by atoms with van der Waals surface area (Å²) in [5, 5.41) is 7.89. The van der Waals surface area contributed by atoms with Crippen LogP contribution >= 0.6 is 11.6 Å².